The number of aryl methyl sites for hydroxylation is 2. The van der Waals surface area contributed by atoms with Gasteiger partial charge in [-0.15, -0.1) is 0 Å². The molecule has 0 atom stereocenters. The number of pyridine rings is 1. The van der Waals surface area contributed by atoms with E-state index >= 15 is 0 Å². The van der Waals surface area contributed by atoms with Gasteiger partial charge in [0.05, 0.1) is 0 Å². The van der Waals surface area contributed by atoms with Gasteiger partial charge < -0.3 is 0 Å². The van der Waals surface area contributed by atoms with E-state index in [1.807, 2.05) is 0 Å². The van der Waals surface area contributed by atoms with Crippen LogP contribution in [-0.4, -0.2) is 0 Å². The number of aromatic nitrogens is 1. The molecule has 1 heterocycles. The Bertz CT molecular complexity index is 412. The van der Waals surface area contributed by atoms with Crippen LogP contribution in [0.25, 0.3) is 0 Å². The molecule has 1 heteroatoms. The van der Waals surface area contributed by atoms with Crippen LogP contribution in [0, 0.1) is 0 Å². The number of unbranched alkanes of at least 4 members (excludes halogenated alkanes) is 14. The third kappa shape index (κ3) is 12.5. The SMILES string of the molecule is CCCCCCCCCCCC[n+]1ccccc1CCCCCCCC. The average Bonchev–Trinajstić information content (AvgIpc) is 2.67. The van der Waals surface area contributed by atoms with Crippen LogP contribution in [0.15, 0.2) is 24.4 Å². The van der Waals surface area contributed by atoms with E-state index in [9.17, 15) is 0 Å². The van der Waals surface area contributed by atoms with Gasteiger partial charge in [-0.2, -0.15) is 0 Å². The Morgan fingerprint density at radius 2 is 1.08 bits per heavy atom. The highest BCUT2D eigenvalue weighted by Crippen LogP contribution is 2.11. The molecule has 0 aliphatic heterocycles. The highest BCUT2D eigenvalue weighted by atomic mass is 14.9. The molecule has 0 saturated heterocycles. The minimum atomic E-state index is 1.21. The fraction of sp³-hybridized carbons (Fsp3) is 0.800. The number of hydrogen-bond acceptors (Lipinski definition) is 0. The van der Waals surface area contributed by atoms with Crippen molar-refractivity contribution in [2.24, 2.45) is 0 Å². The van der Waals surface area contributed by atoms with Crippen molar-refractivity contribution in [3.63, 3.8) is 0 Å². The van der Waals surface area contributed by atoms with Gasteiger partial charge in [0.15, 0.2) is 11.9 Å². The lowest BCUT2D eigenvalue weighted by Gasteiger charge is -2.05. The summed E-state index contributed by atoms with van der Waals surface area (Å²) in [5.41, 5.74) is 1.54. The Morgan fingerprint density at radius 3 is 1.65 bits per heavy atom. The minimum Gasteiger partial charge on any atom is -0.202 e. The molecule has 0 radical (unpaired) electrons. The minimum absolute atomic E-state index is 1.21. The Kier molecular flexibility index (Phi) is 15.7. The first kappa shape index (κ1) is 23.2. The van der Waals surface area contributed by atoms with Crippen LogP contribution in [0.2, 0.25) is 0 Å². The first-order valence-electron chi connectivity index (χ1n) is 11.9. The van der Waals surface area contributed by atoms with Crippen LogP contribution in [0.5, 0.6) is 0 Å². The summed E-state index contributed by atoms with van der Waals surface area (Å²) in [5.74, 6) is 0. The molecule has 0 amide bonds. The van der Waals surface area contributed by atoms with E-state index in [1.54, 1.807) is 5.69 Å². The molecular weight excluding hydrogens is 314 g/mol. The van der Waals surface area contributed by atoms with Gasteiger partial charge in [-0.05, 0) is 12.8 Å². The van der Waals surface area contributed by atoms with Gasteiger partial charge in [-0.3, -0.25) is 0 Å². The second kappa shape index (κ2) is 17.6. The first-order valence-corrected chi connectivity index (χ1v) is 11.9. The third-order valence-corrected chi connectivity index (χ3v) is 5.57. The maximum absolute atomic E-state index is 2.51. The van der Waals surface area contributed by atoms with E-state index in [1.165, 1.54) is 116 Å². The predicted octanol–water partition coefficient (Wildman–Crippen LogP) is 7.80. The van der Waals surface area contributed by atoms with E-state index in [2.05, 4.69) is 42.8 Å². The van der Waals surface area contributed by atoms with E-state index in [0.717, 1.165) is 0 Å². The molecule has 1 aromatic rings. The molecule has 0 bridgehead atoms. The normalized spacial score (nSPS) is 11.2. The van der Waals surface area contributed by atoms with Crippen molar-refractivity contribution in [1.82, 2.24) is 0 Å². The number of hydrogen-bond donors (Lipinski definition) is 0. The molecule has 1 nitrogen and oxygen atoms in total. The summed E-state index contributed by atoms with van der Waals surface area (Å²) in [4.78, 5) is 0. The summed E-state index contributed by atoms with van der Waals surface area (Å²) >= 11 is 0. The zero-order valence-electron chi connectivity index (χ0n) is 18.0. The zero-order valence-corrected chi connectivity index (χ0v) is 18.0. The fourth-order valence-electron chi connectivity index (χ4n) is 3.81. The van der Waals surface area contributed by atoms with Gasteiger partial charge in [-0.25, -0.2) is 4.57 Å². The molecule has 26 heavy (non-hydrogen) atoms. The van der Waals surface area contributed by atoms with Crippen molar-refractivity contribution >= 4 is 0 Å². The van der Waals surface area contributed by atoms with Gasteiger partial charge in [0.25, 0.3) is 0 Å². The predicted molar refractivity (Wildman–Crippen MR) is 116 cm³/mol. The molecule has 150 valence electrons. The van der Waals surface area contributed by atoms with Crippen LogP contribution >= 0.6 is 0 Å². The van der Waals surface area contributed by atoms with Gasteiger partial charge in [0, 0.05) is 25.0 Å². The molecular formula is C25H46N+. The van der Waals surface area contributed by atoms with Gasteiger partial charge in [0.2, 0.25) is 0 Å². The van der Waals surface area contributed by atoms with Crippen molar-refractivity contribution in [2.45, 2.75) is 130 Å². The molecule has 1 rings (SSSR count). The molecule has 0 aromatic carbocycles. The van der Waals surface area contributed by atoms with Gasteiger partial charge in [0.1, 0.15) is 6.54 Å². The molecule has 0 N–H and O–H groups in total. The molecule has 1 aromatic heterocycles. The second-order valence-electron chi connectivity index (χ2n) is 8.09. The Hall–Kier alpha value is -0.850. The molecule has 0 saturated carbocycles. The highest BCUT2D eigenvalue weighted by molar-refractivity contribution is 4.97. The maximum Gasteiger partial charge on any atom is 0.181 e. The van der Waals surface area contributed by atoms with E-state index in [-0.39, 0.29) is 0 Å². The summed E-state index contributed by atoms with van der Waals surface area (Å²) in [6.07, 6.45) is 26.1. The monoisotopic (exact) mass is 360 g/mol. The Morgan fingerprint density at radius 1 is 0.577 bits per heavy atom. The Balaban J connectivity index is 2.07. The standard InChI is InChI=1S/C25H46N/c1-3-5-7-9-11-12-13-14-16-19-23-26-24-20-18-22-25(26)21-17-15-10-8-6-4-2/h18,20,22,24H,3-17,19,21,23H2,1-2H3/q+1. The number of rotatable bonds is 18. The third-order valence-electron chi connectivity index (χ3n) is 5.57. The summed E-state index contributed by atoms with van der Waals surface area (Å²) in [6.45, 7) is 5.80. The molecule has 0 aliphatic rings. The largest absolute Gasteiger partial charge is 0.202 e. The first-order chi connectivity index (χ1) is 12.9. The van der Waals surface area contributed by atoms with Crippen molar-refractivity contribution < 1.29 is 4.57 Å². The van der Waals surface area contributed by atoms with E-state index < -0.39 is 0 Å². The summed E-state index contributed by atoms with van der Waals surface area (Å²) in [7, 11) is 0. The van der Waals surface area contributed by atoms with Gasteiger partial charge in [-0.1, -0.05) is 103 Å². The van der Waals surface area contributed by atoms with Crippen LogP contribution < -0.4 is 4.57 Å². The van der Waals surface area contributed by atoms with Crippen molar-refractivity contribution in [1.29, 1.82) is 0 Å². The van der Waals surface area contributed by atoms with Crippen molar-refractivity contribution in [3.05, 3.63) is 30.1 Å². The smallest absolute Gasteiger partial charge is 0.181 e. The summed E-state index contributed by atoms with van der Waals surface area (Å²) in [5, 5.41) is 0. The quantitative estimate of drug-likeness (QED) is 0.186. The highest BCUT2D eigenvalue weighted by Gasteiger charge is 2.08. The molecule has 0 spiro atoms. The summed E-state index contributed by atoms with van der Waals surface area (Å²) in [6, 6.07) is 6.74. The lowest BCUT2D eigenvalue weighted by molar-refractivity contribution is -0.704. The van der Waals surface area contributed by atoms with Crippen molar-refractivity contribution in [2.75, 3.05) is 0 Å². The van der Waals surface area contributed by atoms with Crippen LogP contribution in [-0.2, 0) is 13.0 Å². The topological polar surface area (TPSA) is 3.88 Å². The molecule has 0 fully saturated rings. The lowest BCUT2D eigenvalue weighted by Crippen LogP contribution is -2.37. The number of nitrogens with zero attached hydrogens (tertiary/aromatic N) is 1. The fourth-order valence-corrected chi connectivity index (χ4v) is 3.81. The van der Waals surface area contributed by atoms with Crippen LogP contribution in [0.4, 0.5) is 0 Å². The second-order valence-corrected chi connectivity index (χ2v) is 8.09. The van der Waals surface area contributed by atoms with E-state index in [0.29, 0.717) is 0 Å². The zero-order chi connectivity index (χ0) is 18.7. The summed E-state index contributed by atoms with van der Waals surface area (Å²) < 4.78 is 2.51. The average molecular weight is 361 g/mol. The van der Waals surface area contributed by atoms with Crippen molar-refractivity contribution in [3.8, 4) is 0 Å². The van der Waals surface area contributed by atoms with Crippen LogP contribution in [0.1, 0.15) is 122 Å². The molecule has 0 aliphatic carbocycles. The van der Waals surface area contributed by atoms with Gasteiger partial charge >= 0.3 is 0 Å². The van der Waals surface area contributed by atoms with Crippen LogP contribution in [0.3, 0.4) is 0 Å². The maximum atomic E-state index is 2.51. The van der Waals surface area contributed by atoms with E-state index in [4.69, 9.17) is 0 Å². The molecule has 0 unspecified atom stereocenters. The lowest BCUT2D eigenvalue weighted by atomic mass is 10.1. The Labute approximate surface area is 164 Å².